The van der Waals surface area contributed by atoms with Gasteiger partial charge in [-0.1, -0.05) is 0 Å². The molecule has 13 heavy (non-hydrogen) atoms. The van der Waals surface area contributed by atoms with E-state index in [4.69, 9.17) is 5.73 Å². The van der Waals surface area contributed by atoms with Gasteiger partial charge in [0.05, 0.1) is 4.88 Å². The highest BCUT2D eigenvalue weighted by atomic mass is 32.1. The molecule has 2 N–H and O–H groups in total. The van der Waals surface area contributed by atoms with E-state index in [0.717, 1.165) is 10.6 Å². The molecule has 0 atom stereocenters. The van der Waals surface area contributed by atoms with Crippen molar-refractivity contribution in [2.75, 3.05) is 5.73 Å². The van der Waals surface area contributed by atoms with E-state index in [1.165, 1.54) is 5.56 Å². The molecule has 0 aliphatic rings. The number of hydrogen-bond donors (Lipinski definition) is 1. The van der Waals surface area contributed by atoms with Gasteiger partial charge < -0.3 is 5.73 Å². The summed E-state index contributed by atoms with van der Waals surface area (Å²) in [5.41, 5.74) is 7.69. The summed E-state index contributed by atoms with van der Waals surface area (Å²) in [6.45, 7) is 2.04. The molecule has 3 nitrogen and oxygen atoms in total. The van der Waals surface area contributed by atoms with Gasteiger partial charge in [-0.05, 0) is 23.9 Å². The third-order valence-corrected chi connectivity index (χ3v) is 2.83. The Labute approximate surface area is 80.3 Å². The molecule has 4 heteroatoms. The number of anilines is 1. The molecule has 66 valence electrons. The monoisotopic (exact) mass is 191 g/mol. The summed E-state index contributed by atoms with van der Waals surface area (Å²) >= 11 is 1.63. The molecule has 0 unspecified atom stereocenters. The summed E-state index contributed by atoms with van der Waals surface area (Å²) in [5.74, 6) is 0.494. The predicted molar refractivity (Wildman–Crippen MR) is 54.5 cm³/mol. The van der Waals surface area contributed by atoms with E-state index in [2.05, 4.69) is 9.97 Å². The fourth-order valence-corrected chi connectivity index (χ4v) is 2.07. The van der Waals surface area contributed by atoms with Crippen LogP contribution in [0.5, 0.6) is 0 Å². The van der Waals surface area contributed by atoms with Gasteiger partial charge in [0.1, 0.15) is 5.69 Å². The molecule has 0 saturated heterocycles. The van der Waals surface area contributed by atoms with Gasteiger partial charge in [-0.15, -0.1) is 11.3 Å². The van der Waals surface area contributed by atoms with Crippen LogP contribution in [0.1, 0.15) is 5.56 Å². The minimum absolute atomic E-state index is 0.494. The molecule has 0 aliphatic carbocycles. The smallest absolute Gasteiger partial charge is 0.150 e. The highest BCUT2D eigenvalue weighted by molar-refractivity contribution is 7.13. The van der Waals surface area contributed by atoms with Crippen molar-refractivity contribution in [3.8, 4) is 10.6 Å². The van der Waals surface area contributed by atoms with Gasteiger partial charge in [0.15, 0.2) is 5.82 Å². The third-order valence-electron chi connectivity index (χ3n) is 1.80. The van der Waals surface area contributed by atoms with Crippen LogP contribution in [0.4, 0.5) is 5.82 Å². The lowest BCUT2D eigenvalue weighted by molar-refractivity contribution is 1.22. The lowest BCUT2D eigenvalue weighted by Crippen LogP contribution is -1.95. The summed E-state index contributed by atoms with van der Waals surface area (Å²) < 4.78 is 0. The first kappa shape index (κ1) is 8.19. The van der Waals surface area contributed by atoms with Crippen LogP contribution in [0.3, 0.4) is 0 Å². The average molecular weight is 191 g/mol. The normalized spacial score (nSPS) is 10.2. The first-order chi connectivity index (χ1) is 6.29. The fourth-order valence-electron chi connectivity index (χ4n) is 1.14. The maximum Gasteiger partial charge on any atom is 0.150 e. The standard InChI is InChI=1S/C9H9N3S/c1-6-2-5-13-8(6)7-9(10)12-4-3-11-7/h2-5H,1H3,(H2,10,12). The first-order valence-corrected chi connectivity index (χ1v) is 4.78. The molecule has 0 aromatic carbocycles. The van der Waals surface area contributed by atoms with E-state index in [-0.39, 0.29) is 0 Å². The van der Waals surface area contributed by atoms with Crippen LogP contribution in [0.15, 0.2) is 23.8 Å². The molecule has 2 aromatic heterocycles. The van der Waals surface area contributed by atoms with Crippen molar-refractivity contribution in [3.05, 3.63) is 29.4 Å². The zero-order valence-corrected chi connectivity index (χ0v) is 8.01. The summed E-state index contributed by atoms with van der Waals surface area (Å²) in [6.07, 6.45) is 3.26. The Hall–Kier alpha value is -1.42. The highest BCUT2D eigenvalue weighted by Gasteiger charge is 2.08. The number of hydrogen-bond acceptors (Lipinski definition) is 4. The van der Waals surface area contributed by atoms with Crippen LogP contribution < -0.4 is 5.73 Å². The van der Waals surface area contributed by atoms with Crippen molar-refractivity contribution in [1.29, 1.82) is 0 Å². The van der Waals surface area contributed by atoms with Crippen LogP contribution in [0, 0.1) is 6.92 Å². The molecular weight excluding hydrogens is 182 g/mol. The molecule has 0 amide bonds. The van der Waals surface area contributed by atoms with Gasteiger partial charge >= 0.3 is 0 Å². The Kier molecular flexibility index (Phi) is 1.98. The van der Waals surface area contributed by atoms with E-state index in [1.54, 1.807) is 23.7 Å². The van der Waals surface area contributed by atoms with E-state index in [9.17, 15) is 0 Å². The summed E-state index contributed by atoms with van der Waals surface area (Å²) in [6, 6.07) is 2.05. The number of aryl methyl sites for hydroxylation is 1. The molecule has 0 bridgehead atoms. The summed E-state index contributed by atoms with van der Waals surface area (Å²) in [5, 5.41) is 2.03. The summed E-state index contributed by atoms with van der Waals surface area (Å²) in [7, 11) is 0. The van der Waals surface area contributed by atoms with E-state index in [1.807, 2.05) is 18.4 Å². The number of thiophene rings is 1. The Morgan fingerprint density at radius 2 is 2.08 bits per heavy atom. The lowest BCUT2D eigenvalue weighted by atomic mass is 10.2. The molecule has 0 fully saturated rings. The van der Waals surface area contributed by atoms with Gasteiger partial charge in [0.25, 0.3) is 0 Å². The minimum Gasteiger partial charge on any atom is -0.382 e. The lowest BCUT2D eigenvalue weighted by Gasteiger charge is -2.00. The minimum atomic E-state index is 0.494. The Morgan fingerprint density at radius 3 is 2.69 bits per heavy atom. The van der Waals surface area contributed by atoms with Gasteiger partial charge in [-0.2, -0.15) is 0 Å². The second-order valence-electron chi connectivity index (χ2n) is 2.72. The van der Waals surface area contributed by atoms with E-state index < -0.39 is 0 Å². The predicted octanol–water partition coefficient (Wildman–Crippen LogP) is 2.10. The van der Waals surface area contributed by atoms with Gasteiger partial charge in [0, 0.05) is 12.4 Å². The van der Waals surface area contributed by atoms with Crippen molar-refractivity contribution in [2.45, 2.75) is 6.92 Å². The topological polar surface area (TPSA) is 51.8 Å². The van der Waals surface area contributed by atoms with Crippen LogP contribution in [0.2, 0.25) is 0 Å². The molecule has 2 aromatic rings. The Bertz CT molecular complexity index is 422. The molecule has 0 radical (unpaired) electrons. The largest absolute Gasteiger partial charge is 0.382 e. The Balaban J connectivity index is 2.59. The number of nitrogen functional groups attached to an aromatic ring is 1. The SMILES string of the molecule is Cc1ccsc1-c1nccnc1N. The number of nitrogens with two attached hydrogens (primary N) is 1. The second-order valence-corrected chi connectivity index (χ2v) is 3.64. The van der Waals surface area contributed by atoms with Crippen LogP contribution >= 0.6 is 11.3 Å². The Morgan fingerprint density at radius 1 is 1.31 bits per heavy atom. The van der Waals surface area contributed by atoms with Crippen LogP contribution in [0.25, 0.3) is 10.6 Å². The van der Waals surface area contributed by atoms with Gasteiger partial charge in [-0.3, -0.25) is 0 Å². The zero-order valence-electron chi connectivity index (χ0n) is 7.19. The van der Waals surface area contributed by atoms with Gasteiger partial charge in [-0.25, -0.2) is 9.97 Å². The zero-order chi connectivity index (χ0) is 9.26. The average Bonchev–Trinajstić information content (AvgIpc) is 2.52. The molecular formula is C9H9N3S. The second kappa shape index (κ2) is 3.14. The number of nitrogens with zero attached hydrogens (tertiary/aromatic N) is 2. The van der Waals surface area contributed by atoms with Crippen molar-refractivity contribution >= 4 is 17.2 Å². The molecule has 0 aliphatic heterocycles. The van der Waals surface area contributed by atoms with Gasteiger partial charge in [0.2, 0.25) is 0 Å². The fraction of sp³-hybridized carbons (Fsp3) is 0.111. The molecule has 0 saturated carbocycles. The molecule has 2 rings (SSSR count). The molecule has 0 spiro atoms. The van der Waals surface area contributed by atoms with E-state index in [0.29, 0.717) is 5.82 Å². The summed E-state index contributed by atoms with van der Waals surface area (Å²) in [4.78, 5) is 9.31. The van der Waals surface area contributed by atoms with Crippen LogP contribution in [-0.4, -0.2) is 9.97 Å². The van der Waals surface area contributed by atoms with Crippen LogP contribution in [-0.2, 0) is 0 Å². The number of rotatable bonds is 1. The van der Waals surface area contributed by atoms with E-state index >= 15 is 0 Å². The third kappa shape index (κ3) is 1.40. The molecule has 2 heterocycles. The maximum absolute atomic E-state index is 5.71. The highest BCUT2D eigenvalue weighted by Crippen LogP contribution is 2.29. The first-order valence-electron chi connectivity index (χ1n) is 3.90. The maximum atomic E-state index is 5.71. The number of aromatic nitrogens is 2. The quantitative estimate of drug-likeness (QED) is 0.751. The van der Waals surface area contributed by atoms with Crippen molar-refractivity contribution < 1.29 is 0 Å². The van der Waals surface area contributed by atoms with Crippen molar-refractivity contribution in [3.63, 3.8) is 0 Å². The van der Waals surface area contributed by atoms with Crippen molar-refractivity contribution in [2.24, 2.45) is 0 Å². The van der Waals surface area contributed by atoms with Crippen molar-refractivity contribution in [1.82, 2.24) is 9.97 Å².